The number of amides is 1. The molecule has 0 spiro atoms. The van der Waals surface area contributed by atoms with Crippen LogP contribution < -0.4 is 0 Å². The Balaban J connectivity index is 1.55. The zero-order valence-electron chi connectivity index (χ0n) is 13.2. The van der Waals surface area contributed by atoms with E-state index >= 15 is 0 Å². The van der Waals surface area contributed by atoms with E-state index in [0.717, 1.165) is 39.1 Å². The molecule has 116 valence electrons. The number of aryl methyl sites for hydroxylation is 1. The number of piperidine rings is 1. The van der Waals surface area contributed by atoms with Gasteiger partial charge in [0.15, 0.2) is 0 Å². The number of nitrogens with zero attached hydrogens (tertiary/aromatic N) is 4. The minimum atomic E-state index is 0.208. The SMILES string of the molecule is Cc1c(CN2CC[C@@H](C(=O)N3CCCCC3)C2)cnn1C. The summed E-state index contributed by atoms with van der Waals surface area (Å²) in [6, 6.07) is 0. The smallest absolute Gasteiger partial charge is 0.227 e. The Morgan fingerprint density at radius 3 is 2.71 bits per heavy atom. The molecule has 5 nitrogen and oxygen atoms in total. The lowest BCUT2D eigenvalue weighted by molar-refractivity contribution is -0.136. The summed E-state index contributed by atoms with van der Waals surface area (Å²) in [7, 11) is 1.98. The van der Waals surface area contributed by atoms with Crippen molar-refractivity contribution in [1.82, 2.24) is 19.6 Å². The van der Waals surface area contributed by atoms with Crippen molar-refractivity contribution in [2.24, 2.45) is 13.0 Å². The van der Waals surface area contributed by atoms with Crippen molar-refractivity contribution < 1.29 is 4.79 Å². The maximum absolute atomic E-state index is 12.6. The van der Waals surface area contributed by atoms with Gasteiger partial charge in [0.05, 0.1) is 12.1 Å². The molecule has 5 heteroatoms. The molecule has 2 aliphatic heterocycles. The van der Waals surface area contributed by atoms with Crippen molar-refractivity contribution in [1.29, 1.82) is 0 Å². The van der Waals surface area contributed by atoms with E-state index in [1.165, 1.54) is 30.5 Å². The largest absolute Gasteiger partial charge is 0.342 e. The maximum atomic E-state index is 12.6. The molecule has 0 N–H and O–H groups in total. The lowest BCUT2D eigenvalue weighted by atomic mass is 10.0. The highest BCUT2D eigenvalue weighted by Crippen LogP contribution is 2.23. The van der Waals surface area contributed by atoms with Crippen LogP contribution in [0, 0.1) is 12.8 Å². The fourth-order valence-electron chi connectivity index (χ4n) is 3.49. The van der Waals surface area contributed by atoms with E-state index in [1.54, 1.807) is 0 Å². The van der Waals surface area contributed by atoms with Gasteiger partial charge < -0.3 is 4.90 Å². The van der Waals surface area contributed by atoms with E-state index in [1.807, 2.05) is 17.9 Å². The molecule has 2 aliphatic rings. The summed E-state index contributed by atoms with van der Waals surface area (Å²) in [5.41, 5.74) is 2.50. The van der Waals surface area contributed by atoms with Crippen LogP contribution in [0.4, 0.5) is 0 Å². The van der Waals surface area contributed by atoms with Gasteiger partial charge in [-0.3, -0.25) is 14.4 Å². The minimum absolute atomic E-state index is 0.208. The van der Waals surface area contributed by atoms with Gasteiger partial charge in [0.25, 0.3) is 0 Å². The van der Waals surface area contributed by atoms with Gasteiger partial charge in [-0.15, -0.1) is 0 Å². The number of carbonyl (C=O) groups is 1. The second-order valence-electron chi connectivity index (χ2n) is 6.49. The molecule has 0 unspecified atom stereocenters. The molecular weight excluding hydrogens is 264 g/mol. The molecule has 3 heterocycles. The molecule has 0 saturated carbocycles. The van der Waals surface area contributed by atoms with E-state index < -0.39 is 0 Å². The van der Waals surface area contributed by atoms with Crippen molar-refractivity contribution in [2.75, 3.05) is 26.2 Å². The maximum Gasteiger partial charge on any atom is 0.227 e. The molecule has 1 aromatic heterocycles. The van der Waals surface area contributed by atoms with Crippen LogP contribution in [0.3, 0.4) is 0 Å². The van der Waals surface area contributed by atoms with Gasteiger partial charge >= 0.3 is 0 Å². The van der Waals surface area contributed by atoms with Crippen molar-refractivity contribution in [3.8, 4) is 0 Å². The number of hydrogen-bond donors (Lipinski definition) is 0. The Bertz CT molecular complexity index is 504. The van der Waals surface area contributed by atoms with Gasteiger partial charge in [0.2, 0.25) is 5.91 Å². The third-order valence-electron chi connectivity index (χ3n) is 5.02. The quantitative estimate of drug-likeness (QED) is 0.848. The monoisotopic (exact) mass is 290 g/mol. The van der Waals surface area contributed by atoms with Crippen LogP contribution in [-0.2, 0) is 18.4 Å². The summed E-state index contributed by atoms with van der Waals surface area (Å²) in [6.07, 6.45) is 6.60. The Labute approximate surface area is 126 Å². The summed E-state index contributed by atoms with van der Waals surface area (Å²) < 4.78 is 1.92. The average Bonchev–Trinajstić information content (AvgIpc) is 3.10. The van der Waals surface area contributed by atoms with Gasteiger partial charge in [-0.1, -0.05) is 0 Å². The summed E-state index contributed by atoms with van der Waals surface area (Å²) in [5.74, 6) is 0.597. The Morgan fingerprint density at radius 2 is 2.05 bits per heavy atom. The summed E-state index contributed by atoms with van der Waals surface area (Å²) >= 11 is 0. The van der Waals surface area contributed by atoms with Gasteiger partial charge in [0, 0.05) is 44.5 Å². The lowest BCUT2D eigenvalue weighted by Gasteiger charge is -2.29. The van der Waals surface area contributed by atoms with Crippen LogP contribution >= 0.6 is 0 Å². The first-order valence-corrected chi connectivity index (χ1v) is 8.14. The third kappa shape index (κ3) is 3.12. The fourth-order valence-corrected chi connectivity index (χ4v) is 3.49. The molecule has 0 aliphatic carbocycles. The predicted octanol–water partition coefficient (Wildman–Crippen LogP) is 1.56. The van der Waals surface area contributed by atoms with Crippen LogP contribution in [0.2, 0.25) is 0 Å². The summed E-state index contributed by atoms with van der Waals surface area (Å²) in [4.78, 5) is 17.0. The van der Waals surface area contributed by atoms with E-state index in [0.29, 0.717) is 5.91 Å². The highest BCUT2D eigenvalue weighted by atomic mass is 16.2. The van der Waals surface area contributed by atoms with Crippen molar-refractivity contribution in [3.63, 3.8) is 0 Å². The molecule has 0 bridgehead atoms. The van der Waals surface area contributed by atoms with Crippen LogP contribution in [0.15, 0.2) is 6.20 Å². The molecule has 3 rings (SSSR count). The standard InChI is InChI=1S/C16H26N4O/c1-13-15(10-17-18(13)2)12-19-9-6-14(11-19)16(21)20-7-4-3-5-8-20/h10,14H,3-9,11-12H2,1-2H3/t14-/m1/s1. The topological polar surface area (TPSA) is 41.4 Å². The molecular formula is C16H26N4O. The number of carbonyl (C=O) groups excluding carboxylic acids is 1. The highest BCUT2D eigenvalue weighted by molar-refractivity contribution is 5.79. The first-order chi connectivity index (χ1) is 10.1. The minimum Gasteiger partial charge on any atom is -0.342 e. The molecule has 2 fully saturated rings. The molecule has 21 heavy (non-hydrogen) atoms. The second-order valence-corrected chi connectivity index (χ2v) is 6.49. The summed E-state index contributed by atoms with van der Waals surface area (Å²) in [5, 5.41) is 4.30. The normalized spacial score (nSPS) is 23.7. The first-order valence-electron chi connectivity index (χ1n) is 8.14. The molecule has 0 aromatic carbocycles. The molecule has 2 saturated heterocycles. The van der Waals surface area contributed by atoms with E-state index in [2.05, 4.69) is 21.8 Å². The molecule has 0 radical (unpaired) electrons. The van der Waals surface area contributed by atoms with Gasteiger partial charge in [-0.05, 0) is 39.2 Å². The lowest BCUT2D eigenvalue weighted by Crippen LogP contribution is -2.40. The van der Waals surface area contributed by atoms with Gasteiger partial charge in [-0.25, -0.2) is 0 Å². The average molecular weight is 290 g/mol. The number of rotatable bonds is 3. The first kappa shape index (κ1) is 14.6. The summed E-state index contributed by atoms with van der Waals surface area (Å²) in [6.45, 7) is 6.90. The van der Waals surface area contributed by atoms with E-state index in [-0.39, 0.29) is 5.92 Å². The zero-order valence-corrected chi connectivity index (χ0v) is 13.2. The van der Waals surface area contributed by atoms with Crippen LogP contribution in [0.25, 0.3) is 0 Å². The van der Waals surface area contributed by atoms with Crippen molar-refractivity contribution in [2.45, 2.75) is 39.2 Å². The highest BCUT2D eigenvalue weighted by Gasteiger charge is 2.32. The van der Waals surface area contributed by atoms with Gasteiger partial charge in [0.1, 0.15) is 0 Å². The van der Waals surface area contributed by atoms with E-state index in [4.69, 9.17) is 0 Å². The van der Waals surface area contributed by atoms with Crippen LogP contribution in [0.1, 0.15) is 36.9 Å². The molecule has 1 aromatic rings. The Hall–Kier alpha value is -1.36. The number of hydrogen-bond acceptors (Lipinski definition) is 3. The van der Waals surface area contributed by atoms with Crippen molar-refractivity contribution in [3.05, 3.63) is 17.5 Å². The second kappa shape index (κ2) is 6.18. The van der Waals surface area contributed by atoms with E-state index in [9.17, 15) is 4.79 Å². The zero-order chi connectivity index (χ0) is 14.8. The van der Waals surface area contributed by atoms with Crippen molar-refractivity contribution >= 4 is 5.91 Å². The predicted molar refractivity (Wildman–Crippen MR) is 81.8 cm³/mol. The Kier molecular flexibility index (Phi) is 4.29. The molecule has 1 amide bonds. The van der Waals surface area contributed by atoms with Crippen LogP contribution in [-0.4, -0.2) is 51.7 Å². The number of aromatic nitrogens is 2. The fraction of sp³-hybridized carbons (Fsp3) is 0.750. The number of likely N-dealkylation sites (tertiary alicyclic amines) is 2. The Morgan fingerprint density at radius 1 is 1.29 bits per heavy atom. The molecule has 1 atom stereocenters. The van der Waals surface area contributed by atoms with Crippen LogP contribution in [0.5, 0.6) is 0 Å². The third-order valence-corrected chi connectivity index (χ3v) is 5.02. The van der Waals surface area contributed by atoms with Gasteiger partial charge in [-0.2, -0.15) is 5.10 Å².